The smallest absolute Gasteiger partial charge is 0.225 e. The Morgan fingerprint density at radius 3 is 2.50 bits per heavy atom. The van der Waals surface area contributed by atoms with Crippen LogP contribution in [0.1, 0.15) is 32.0 Å². The normalized spacial score (nSPS) is 16.9. The molecule has 0 radical (unpaired) electrons. The Labute approximate surface area is 122 Å². The van der Waals surface area contributed by atoms with Gasteiger partial charge in [0.2, 0.25) is 5.95 Å². The number of hydrogen-bond donors (Lipinski definition) is 1. The van der Waals surface area contributed by atoms with E-state index in [1.807, 2.05) is 6.20 Å². The summed E-state index contributed by atoms with van der Waals surface area (Å²) in [4.78, 5) is 14.0. The summed E-state index contributed by atoms with van der Waals surface area (Å²) in [5, 5.41) is 3.32. The molecule has 0 atom stereocenters. The maximum absolute atomic E-state index is 4.68. The molecule has 1 aromatic rings. The monoisotopic (exact) mass is 277 g/mol. The number of piperazine rings is 1. The van der Waals surface area contributed by atoms with E-state index in [2.05, 4.69) is 52.8 Å². The van der Waals surface area contributed by atoms with E-state index in [0.29, 0.717) is 6.04 Å². The van der Waals surface area contributed by atoms with Gasteiger partial charge in [0.1, 0.15) is 0 Å². The Balaban J connectivity index is 1.98. The molecule has 1 aliphatic heterocycles. The quantitative estimate of drug-likeness (QED) is 0.882. The largest absolute Gasteiger partial charge is 0.338 e. The van der Waals surface area contributed by atoms with Crippen LogP contribution in [0.5, 0.6) is 0 Å². The van der Waals surface area contributed by atoms with Gasteiger partial charge < -0.3 is 10.2 Å². The van der Waals surface area contributed by atoms with Gasteiger partial charge in [-0.3, -0.25) is 4.90 Å². The van der Waals surface area contributed by atoms with E-state index in [1.54, 1.807) is 0 Å². The van der Waals surface area contributed by atoms with Gasteiger partial charge in [0, 0.05) is 56.2 Å². The van der Waals surface area contributed by atoms with Crippen LogP contribution >= 0.6 is 0 Å². The maximum Gasteiger partial charge on any atom is 0.225 e. The molecule has 1 aliphatic rings. The first-order chi connectivity index (χ1) is 9.61. The molecule has 0 unspecified atom stereocenters. The molecule has 1 saturated heterocycles. The van der Waals surface area contributed by atoms with E-state index < -0.39 is 0 Å². The first-order valence-corrected chi connectivity index (χ1v) is 7.64. The van der Waals surface area contributed by atoms with Crippen LogP contribution in [0.2, 0.25) is 0 Å². The lowest BCUT2D eigenvalue weighted by molar-refractivity contribution is 0.208. The van der Waals surface area contributed by atoms with Crippen molar-refractivity contribution in [2.45, 2.75) is 40.3 Å². The van der Waals surface area contributed by atoms with E-state index in [9.17, 15) is 0 Å². The van der Waals surface area contributed by atoms with E-state index in [1.165, 1.54) is 5.56 Å². The van der Waals surface area contributed by atoms with Gasteiger partial charge in [0.15, 0.2) is 0 Å². The summed E-state index contributed by atoms with van der Waals surface area (Å²) in [5.41, 5.74) is 2.28. The van der Waals surface area contributed by atoms with E-state index in [4.69, 9.17) is 0 Å². The lowest BCUT2D eigenvalue weighted by Gasteiger charge is -2.37. The number of aryl methyl sites for hydroxylation is 1. The molecule has 0 spiro atoms. The molecule has 5 nitrogen and oxygen atoms in total. The van der Waals surface area contributed by atoms with Crippen LogP contribution in [-0.2, 0) is 6.54 Å². The Kier molecular flexibility index (Phi) is 5.31. The molecule has 0 bridgehead atoms. The summed E-state index contributed by atoms with van der Waals surface area (Å²) in [5.74, 6) is 0.881. The van der Waals surface area contributed by atoms with Crippen LogP contribution < -0.4 is 10.2 Å². The molecule has 1 aromatic heterocycles. The first-order valence-electron chi connectivity index (χ1n) is 7.64. The summed E-state index contributed by atoms with van der Waals surface area (Å²) < 4.78 is 0. The summed E-state index contributed by atoms with van der Waals surface area (Å²) in [7, 11) is 0. The zero-order valence-corrected chi connectivity index (χ0v) is 13.2. The highest BCUT2D eigenvalue weighted by atomic mass is 15.3. The minimum atomic E-state index is 0.627. The van der Waals surface area contributed by atoms with Gasteiger partial charge in [0.05, 0.1) is 0 Å². The molecule has 1 N–H and O–H groups in total. The van der Waals surface area contributed by atoms with Crippen LogP contribution in [0.4, 0.5) is 5.95 Å². The van der Waals surface area contributed by atoms with Crippen LogP contribution in [0.3, 0.4) is 0 Å². The van der Waals surface area contributed by atoms with Crippen molar-refractivity contribution in [3.63, 3.8) is 0 Å². The second kappa shape index (κ2) is 6.99. The molecule has 112 valence electrons. The summed E-state index contributed by atoms with van der Waals surface area (Å²) in [6.45, 7) is 14.7. The van der Waals surface area contributed by atoms with Gasteiger partial charge in [-0.1, -0.05) is 6.92 Å². The predicted octanol–water partition coefficient (Wildman–Crippen LogP) is 1.42. The molecule has 0 saturated carbocycles. The van der Waals surface area contributed by atoms with Crippen molar-refractivity contribution in [3.8, 4) is 0 Å². The van der Waals surface area contributed by atoms with Crippen molar-refractivity contribution in [1.29, 1.82) is 0 Å². The zero-order valence-electron chi connectivity index (χ0n) is 13.2. The van der Waals surface area contributed by atoms with Gasteiger partial charge in [-0.05, 0) is 27.3 Å². The third kappa shape index (κ3) is 3.67. The average molecular weight is 277 g/mol. The molecular weight excluding hydrogens is 250 g/mol. The number of rotatable bonds is 5. The molecule has 20 heavy (non-hydrogen) atoms. The van der Waals surface area contributed by atoms with E-state index in [-0.39, 0.29) is 0 Å². The Bertz CT molecular complexity index is 424. The third-order valence-electron chi connectivity index (χ3n) is 3.96. The summed E-state index contributed by atoms with van der Waals surface area (Å²) >= 11 is 0. The van der Waals surface area contributed by atoms with Crippen molar-refractivity contribution in [2.24, 2.45) is 0 Å². The van der Waals surface area contributed by atoms with E-state index >= 15 is 0 Å². The fourth-order valence-electron chi connectivity index (χ4n) is 2.50. The number of nitrogens with zero attached hydrogens (tertiary/aromatic N) is 4. The second-order valence-electron chi connectivity index (χ2n) is 5.68. The maximum atomic E-state index is 4.68. The fraction of sp³-hybridized carbons (Fsp3) is 0.733. The highest BCUT2D eigenvalue weighted by Crippen LogP contribution is 2.14. The fourth-order valence-corrected chi connectivity index (χ4v) is 2.50. The minimum absolute atomic E-state index is 0.627. The lowest BCUT2D eigenvalue weighted by Crippen LogP contribution is -2.49. The summed E-state index contributed by atoms with van der Waals surface area (Å²) in [6, 6.07) is 0.627. The van der Waals surface area contributed by atoms with Crippen molar-refractivity contribution < 1.29 is 0 Å². The molecule has 0 aromatic carbocycles. The third-order valence-corrected chi connectivity index (χ3v) is 3.96. The minimum Gasteiger partial charge on any atom is -0.338 e. The number of aromatic nitrogens is 2. The highest BCUT2D eigenvalue weighted by molar-refractivity contribution is 5.33. The Morgan fingerprint density at radius 2 is 1.95 bits per heavy atom. The van der Waals surface area contributed by atoms with Crippen LogP contribution in [0.15, 0.2) is 6.20 Å². The van der Waals surface area contributed by atoms with Crippen LogP contribution in [0, 0.1) is 6.92 Å². The van der Waals surface area contributed by atoms with Crippen molar-refractivity contribution in [2.75, 3.05) is 37.6 Å². The van der Waals surface area contributed by atoms with Gasteiger partial charge >= 0.3 is 0 Å². The van der Waals surface area contributed by atoms with Gasteiger partial charge in [-0.15, -0.1) is 0 Å². The topological polar surface area (TPSA) is 44.3 Å². The van der Waals surface area contributed by atoms with Crippen LogP contribution in [-0.4, -0.2) is 53.6 Å². The summed E-state index contributed by atoms with van der Waals surface area (Å²) in [6.07, 6.45) is 1.97. The van der Waals surface area contributed by atoms with Crippen molar-refractivity contribution >= 4 is 5.95 Å². The van der Waals surface area contributed by atoms with E-state index in [0.717, 1.165) is 50.9 Å². The molecule has 0 amide bonds. The molecule has 2 heterocycles. The molecule has 2 rings (SSSR count). The first kappa shape index (κ1) is 15.2. The van der Waals surface area contributed by atoms with Gasteiger partial charge in [-0.2, -0.15) is 0 Å². The lowest BCUT2D eigenvalue weighted by atomic mass is 10.2. The number of hydrogen-bond acceptors (Lipinski definition) is 5. The highest BCUT2D eigenvalue weighted by Gasteiger charge is 2.20. The van der Waals surface area contributed by atoms with Crippen molar-refractivity contribution in [3.05, 3.63) is 17.5 Å². The zero-order chi connectivity index (χ0) is 14.5. The van der Waals surface area contributed by atoms with Gasteiger partial charge in [0.25, 0.3) is 0 Å². The van der Waals surface area contributed by atoms with Gasteiger partial charge in [-0.25, -0.2) is 9.97 Å². The molecular formula is C15H27N5. The molecule has 0 aliphatic carbocycles. The predicted molar refractivity (Wildman–Crippen MR) is 83.1 cm³/mol. The second-order valence-corrected chi connectivity index (χ2v) is 5.68. The SMILES string of the molecule is CCNCc1cnc(N2CCN(C(C)C)CC2)nc1C. The molecule has 1 fully saturated rings. The Morgan fingerprint density at radius 1 is 1.25 bits per heavy atom. The number of anilines is 1. The average Bonchev–Trinajstić information content (AvgIpc) is 2.46. The standard InChI is InChI=1S/C15H27N5/c1-5-16-10-14-11-17-15(18-13(14)4)20-8-6-19(7-9-20)12(2)3/h11-12,16H,5-10H2,1-4H3. The molecule has 5 heteroatoms. The van der Waals surface area contributed by atoms with Crippen molar-refractivity contribution in [1.82, 2.24) is 20.2 Å². The Hall–Kier alpha value is -1.20. The van der Waals surface area contributed by atoms with Crippen LogP contribution in [0.25, 0.3) is 0 Å². The number of nitrogens with one attached hydrogen (secondary N) is 1.